The van der Waals surface area contributed by atoms with Gasteiger partial charge in [0.1, 0.15) is 0 Å². The second-order valence-electron chi connectivity index (χ2n) is 5.99. The summed E-state index contributed by atoms with van der Waals surface area (Å²) in [7, 11) is 1.78. The average Bonchev–Trinajstić information content (AvgIpc) is 3.34. The molecular formula is C19H22ClN5S. The van der Waals surface area contributed by atoms with E-state index in [0.29, 0.717) is 12.5 Å². The molecule has 0 bridgehead atoms. The molecule has 7 heteroatoms. The summed E-state index contributed by atoms with van der Waals surface area (Å²) >= 11 is 7.71. The quantitative estimate of drug-likeness (QED) is 0.495. The van der Waals surface area contributed by atoms with Gasteiger partial charge in [0.25, 0.3) is 0 Å². The van der Waals surface area contributed by atoms with Gasteiger partial charge < -0.3 is 10.6 Å². The van der Waals surface area contributed by atoms with Crippen LogP contribution in [-0.2, 0) is 6.54 Å². The van der Waals surface area contributed by atoms with E-state index in [1.165, 1.54) is 4.88 Å². The summed E-state index contributed by atoms with van der Waals surface area (Å²) in [4.78, 5) is 5.66. The molecular weight excluding hydrogens is 366 g/mol. The lowest BCUT2D eigenvalue weighted by atomic mass is 10.1. The number of benzene rings is 1. The van der Waals surface area contributed by atoms with Gasteiger partial charge in [-0.15, -0.1) is 11.3 Å². The van der Waals surface area contributed by atoms with Crippen LogP contribution in [0, 0.1) is 0 Å². The summed E-state index contributed by atoms with van der Waals surface area (Å²) in [6.45, 7) is 3.70. The van der Waals surface area contributed by atoms with Crippen molar-refractivity contribution in [2.45, 2.75) is 19.4 Å². The van der Waals surface area contributed by atoms with Crippen LogP contribution >= 0.6 is 22.9 Å². The van der Waals surface area contributed by atoms with E-state index in [1.54, 1.807) is 18.4 Å². The SMILES string of the molecule is CN=C(NCc1cnn(-c2ccc(Cl)cc2)c1)NCC(C)c1cccs1. The maximum Gasteiger partial charge on any atom is 0.191 e. The molecule has 5 nitrogen and oxygen atoms in total. The third-order valence-corrected chi connectivity index (χ3v) is 5.37. The highest BCUT2D eigenvalue weighted by Crippen LogP contribution is 2.19. The van der Waals surface area contributed by atoms with Crippen molar-refractivity contribution in [2.75, 3.05) is 13.6 Å². The summed E-state index contributed by atoms with van der Waals surface area (Å²) < 4.78 is 1.84. The molecule has 2 heterocycles. The van der Waals surface area contributed by atoms with E-state index >= 15 is 0 Å². The molecule has 0 saturated heterocycles. The maximum atomic E-state index is 5.93. The summed E-state index contributed by atoms with van der Waals surface area (Å²) in [6.07, 6.45) is 3.85. The number of nitrogens with one attached hydrogen (secondary N) is 2. The van der Waals surface area contributed by atoms with E-state index in [0.717, 1.165) is 28.8 Å². The van der Waals surface area contributed by atoms with Crippen LogP contribution in [0.15, 0.2) is 59.2 Å². The molecule has 26 heavy (non-hydrogen) atoms. The molecule has 1 aromatic carbocycles. The highest BCUT2D eigenvalue weighted by atomic mass is 35.5. The smallest absolute Gasteiger partial charge is 0.191 e. The molecule has 0 saturated carbocycles. The van der Waals surface area contributed by atoms with Crippen molar-refractivity contribution in [1.82, 2.24) is 20.4 Å². The van der Waals surface area contributed by atoms with Crippen LogP contribution < -0.4 is 10.6 Å². The number of nitrogens with zero attached hydrogens (tertiary/aromatic N) is 3. The second kappa shape index (κ2) is 8.87. The molecule has 0 aliphatic rings. The number of hydrogen-bond acceptors (Lipinski definition) is 3. The molecule has 136 valence electrons. The van der Waals surface area contributed by atoms with Gasteiger partial charge in [-0.2, -0.15) is 5.10 Å². The van der Waals surface area contributed by atoms with Crippen molar-refractivity contribution in [3.63, 3.8) is 0 Å². The number of thiophene rings is 1. The van der Waals surface area contributed by atoms with Gasteiger partial charge in [0.05, 0.1) is 11.9 Å². The third kappa shape index (κ3) is 4.86. The standard InChI is InChI=1S/C19H22ClN5S/c1-14(18-4-3-9-26-18)10-22-19(21-2)23-11-15-12-24-25(13-15)17-7-5-16(20)6-8-17/h3-9,12-14H,10-11H2,1-2H3,(H2,21,22,23). The third-order valence-electron chi connectivity index (χ3n) is 4.02. The Morgan fingerprint density at radius 2 is 2.08 bits per heavy atom. The van der Waals surface area contributed by atoms with Crippen molar-refractivity contribution in [1.29, 1.82) is 0 Å². The van der Waals surface area contributed by atoms with Crippen molar-refractivity contribution >= 4 is 28.9 Å². The number of rotatable bonds is 6. The van der Waals surface area contributed by atoms with Gasteiger partial charge in [-0.3, -0.25) is 4.99 Å². The highest BCUT2D eigenvalue weighted by Gasteiger charge is 2.08. The molecule has 2 N–H and O–H groups in total. The zero-order valence-corrected chi connectivity index (χ0v) is 16.4. The first-order valence-corrected chi connectivity index (χ1v) is 9.69. The second-order valence-corrected chi connectivity index (χ2v) is 7.41. The van der Waals surface area contributed by atoms with Crippen LogP contribution in [0.1, 0.15) is 23.3 Å². The zero-order valence-electron chi connectivity index (χ0n) is 14.8. The molecule has 1 unspecified atom stereocenters. The van der Waals surface area contributed by atoms with Gasteiger partial charge >= 0.3 is 0 Å². The van der Waals surface area contributed by atoms with Crippen LogP contribution in [-0.4, -0.2) is 29.3 Å². The molecule has 1 atom stereocenters. The van der Waals surface area contributed by atoms with Crippen LogP contribution in [0.4, 0.5) is 0 Å². The fraction of sp³-hybridized carbons (Fsp3) is 0.263. The highest BCUT2D eigenvalue weighted by molar-refractivity contribution is 7.10. The Balaban J connectivity index is 1.52. The summed E-state index contributed by atoms with van der Waals surface area (Å²) in [5.74, 6) is 1.23. The maximum absolute atomic E-state index is 5.93. The Bertz CT molecular complexity index is 839. The van der Waals surface area contributed by atoms with Crippen LogP contribution in [0.2, 0.25) is 5.02 Å². The largest absolute Gasteiger partial charge is 0.356 e. The van der Waals surface area contributed by atoms with E-state index in [-0.39, 0.29) is 0 Å². The molecule has 3 rings (SSSR count). The molecule has 0 radical (unpaired) electrons. The lowest BCUT2D eigenvalue weighted by Gasteiger charge is -2.14. The van der Waals surface area contributed by atoms with Gasteiger partial charge in [-0.05, 0) is 35.7 Å². The Morgan fingerprint density at radius 3 is 2.77 bits per heavy atom. The fourth-order valence-electron chi connectivity index (χ4n) is 2.51. The van der Waals surface area contributed by atoms with E-state index < -0.39 is 0 Å². The minimum atomic E-state index is 0.446. The van der Waals surface area contributed by atoms with Crippen LogP contribution in [0.25, 0.3) is 5.69 Å². The lowest BCUT2D eigenvalue weighted by molar-refractivity contribution is 0.708. The molecule has 0 aliphatic heterocycles. The van der Waals surface area contributed by atoms with Crippen LogP contribution in [0.5, 0.6) is 0 Å². The number of aliphatic imine (C=N–C) groups is 1. The van der Waals surface area contributed by atoms with Crippen molar-refractivity contribution in [3.8, 4) is 5.69 Å². The average molecular weight is 388 g/mol. The number of guanidine groups is 1. The monoisotopic (exact) mass is 387 g/mol. The van der Waals surface area contributed by atoms with E-state index in [9.17, 15) is 0 Å². The molecule has 0 amide bonds. The Morgan fingerprint density at radius 1 is 1.27 bits per heavy atom. The predicted molar refractivity (Wildman–Crippen MR) is 110 cm³/mol. The van der Waals surface area contributed by atoms with Crippen LogP contribution in [0.3, 0.4) is 0 Å². The van der Waals surface area contributed by atoms with Crippen molar-refractivity contribution in [2.24, 2.45) is 4.99 Å². The number of aromatic nitrogens is 2. The van der Waals surface area contributed by atoms with E-state index in [4.69, 9.17) is 11.6 Å². The summed E-state index contributed by atoms with van der Waals surface area (Å²) in [6, 6.07) is 11.9. The lowest BCUT2D eigenvalue weighted by Crippen LogP contribution is -2.38. The van der Waals surface area contributed by atoms with Gasteiger partial charge in [-0.1, -0.05) is 24.6 Å². The van der Waals surface area contributed by atoms with Gasteiger partial charge in [0, 0.05) is 47.7 Å². The topological polar surface area (TPSA) is 54.2 Å². The zero-order chi connectivity index (χ0) is 18.4. The van der Waals surface area contributed by atoms with E-state index in [2.05, 4.69) is 45.2 Å². The minimum absolute atomic E-state index is 0.446. The minimum Gasteiger partial charge on any atom is -0.356 e. The molecule has 3 aromatic rings. The Hall–Kier alpha value is -2.31. The molecule has 0 spiro atoms. The first-order chi connectivity index (χ1) is 12.7. The summed E-state index contributed by atoms with van der Waals surface area (Å²) in [5.41, 5.74) is 2.06. The van der Waals surface area contributed by atoms with Gasteiger partial charge in [0.15, 0.2) is 5.96 Å². The van der Waals surface area contributed by atoms with Crippen molar-refractivity contribution < 1.29 is 0 Å². The first-order valence-electron chi connectivity index (χ1n) is 8.43. The van der Waals surface area contributed by atoms with Gasteiger partial charge in [-0.25, -0.2) is 4.68 Å². The predicted octanol–water partition coefficient (Wildman–Crippen LogP) is 4.06. The fourth-order valence-corrected chi connectivity index (χ4v) is 3.43. The van der Waals surface area contributed by atoms with Crippen molar-refractivity contribution in [3.05, 3.63) is 69.6 Å². The normalized spacial score (nSPS) is 12.8. The molecule has 2 aromatic heterocycles. The molecule has 0 fully saturated rings. The summed E-state index contributed by atoms with van der Waals surface area (Å²) in [5, 5.41) is 13.9. The van der Waals surface area contributed by atoms with Gasteiger partial charge in [0.2, 0.25) is 0 Å². The molecule has 0 aliphatic carbocycles. The Labute approximate surface area is 162 Å². The number of hydrogen-bond donors (Lipinski definition) is 2. The Kier molecular flexibility index (Phi) is 6.30. The number of halogens is 1. The van der Waals surface area contributed by atoms with E-state index in [1.807, 2.05) is 41.3 Å². The first kappa shape index (κ1) is 18.5.